The van der Waals surface area contributed by atoms with Crippen molar-refractivity contribution in [3.63, 3.8) is 0 Å². The predicted octanol–water partition coefficient (Wildman–Crippen LogP) is 3.20. The van der Waals surface area contributed by atoms with Gasteiger partial charge in [0.1, 0.15) is 0 Å². The first-order valence-electron chi connectivity index (χ1n) is 5.54. The Morgan fingerprint density at radius 1 is 1.25 bits per heavy atom. The van der Waals surface area contributed by atoms with E-state index in [1.54, 1.807) is 0 Å². The molecule has 1 N–H and O–H groups in total. The minimum atomic E-state index is 0.675. The fraction of sp³-hybridized carbons (Fsp3) is 1.00. The Morgan fingerprint density at radius 3 is 2.25 bits per heavy atom. The van der Waals surface area contributed by atoms with Crippen molar-refractivity contribution in [2.45, 2.75) is 53.4 Å². The molecule has 1 aliphatic heterocycles. The largest absolute Gasteiger partial charge is 0.316 e. The maximum absolute atomic E-state index is 3.45. The van der Waals surface area contributed by atoms with Gasteiger partial charge in [-0.15, -0.1) is 0 Å². The van der Waals surface area contributed by atoms with E-state index >= 15 is 0 Å². The standard InChI is InChI=1S/C9H19N.C2H6/c1-3-5-9(4-2)6-7-10-8-9;1-2/h10H,3-8H2,1-2H3;1-2H3. The quantitative estimate of drug-likeness (QED) is 0.687. The number of hydrogen-bond acceptors (Lipinski definition) is 1. The average molecular weight is 171 g/mol. The SMILES string of the molecule is CC.CCCC1(CC)CCNC1. The Balaban J connectivity index is 0.000000561. The van der Waals surface area contributed by atoms with Gasteiger partial charge in [-0.1, -0.05) is 34.1 Å². The second kappa shape index (κ2) is 6.47. The summed E-state index contributed by atoms with van der Waals surface area (Å²) in [4.78, 5) is 0. The van der Waals surface area contributed by atoms with Gasteiger partial charge in [-0.3, -0.25) is 0 Å². The molecule has 1 saturated heterocycles. The molecule has 1 atom stereocenters. The fourth-order valence-electron chi connectivity index (χ4n) is 2.02. The van der Waals surface area contributed by atoms with E-state index in [2.05, 4.69) is 19.2 Å². The molecule has 0 amide bonds. The maximum Gasteiger partial charge on any atom is 0.000818 e. The molecule has 0 radical (unpaired) electrons. The van der Waals surface area contributed by atoms with Gasteiger partial charge in [0.25, 0.3) is 0 Å². The molecule has 1 aliphatic rings. The van der Waals surface area contributed by atoms with E-state index in [4.69, 9.17) is 0 Å². The topological polar surface area (TPSA) is 12.0 Å². The van der Waals surface area contributed by atoms with Crippen molar-refractivity contribution in [2.75, 3.05) is 13.1 Å². The van der Waals surface area contributed by atoms with E-state index in [-0.39, 0.29) is 0 Å². The Morgan fingerprint density at radius 2 is 1.92 bits per heavy atom. The third-order valence-electron chi connectivity index (χ3n) is 2.86. The normalized spacial score (nSPS) is 28.0. The summed E-state index contributed by atoms with van der Waals surface area (Å²) >= 11 is 0. The smallest absolute Gasteiger partial charge is 0.000818 e. The molecular weight excluding hydrogens is 146 g/mol. The molecule has 0 aliphatic carbocycles. The molecule has 1 nitrogen and oxygen atoms in total. The number of hydrogen-bond donors (Lipinski definition) is 1. The molecule has 1 fully saturated rings. The Kier molecular flexibility index (Phi) is 6.45. The third-order valence-corrected chi connectivity index (χ3v) is 2.86. The first kappa shape index (κ1) is 12.0. The zero-order valence-electron chi connectivity index (χ0n) is 9.24. The van der Waals surface area contributed by atoms with Gasteiger partial charge in [0.15, 0.2) is 0 Å². The minimum Gasteiger partial charge on any atom is -0.316 e. The predicted molar refractivity (Wildman–Crippen MR) is 56.5 cm³/mol. The Hall–Kier alpha value is -0.0400. The van der Waals surface area contributed by atoms with Crippen LogP contribution in [-0.2, 0) is 0 Å². The zero-order valence-corrected chi connectivity index (χ0v) is 9.24. The molecule has 0 aromatic heterocycles. The zero-order chi connectivity index (χ0) is 9.45. The van der Waals surface area contributed by atoms with Crippen molar-refractivity contribution in [2.24, 2.45) is 5.41 Å². The van der Waals surface area contributed by atoms with E-state index in [1.165, 1.54) is 38.8 Å². The highest BCUT2D eigenvalue weighted by atomic mass is 14.9. The second-order valence-electron chi connectivity index (χ2n) is 3.53. The van der Waals surface area contributed by atoms with Crippen LogP contribution in [0.3, 0.4) is 0 Å². The molecule has 1 rings (SSSR count). The van der Waals surface area contributed by atoms with Gasteiger partial charge < -0.3 is 5.32 Å². The molecule has 0 aromatic carbocycles. The highest BCUT2D eigenvalue weighted by Crippen LogP contribution is 2.33. The summed E-state index contributed by atoms with van der Waals surface area (Å²) in [6, 6.07) is 0. The summed E-state index contributed by atoms with van der Waals surface area (Å²) in [7, 11) is 0. The van der Waals surface area contributed by atoms with Gasteiger partial charge in [-0.25, -0.2) is 0 Å². The molecule has 0 saturated carbocycles. The summed E-state index contributed by atoms with van der Waals surface area (Å²) in [5.74, 6) is 0. The van der Waals surface area contributed by atoms with Crippen LogP contribution in [0.5, 0.6) is 0 Å². The van der Waals surface area contributed by atoms with E-state index < -0.39 is 0 Å². The van der Waals surface area contributed by atoms with Gasteiger partial charge in [-0.05, 0) is 31.2 Å². The van der Waals surface area contributed by atoms with Crippen LogP contribution in [0.2, 0.25) is 0 Å². The highest BCUT2D eigenvalue weighted by molar-refractivity contribution is 4.85. The Labute approximate surface area is 77.9 Å². The lowest BCUT2D eigenvalue weighted by molar-refractivity contribution is 0.281. The van der Waals surface area contributed by atoms with E-state index in [0.29, 0.717) is 5.41 Å². The summed E-state index contributed by atoms with van der Waals surface area (Å²) in [6.45, 7) is 11.1. The maximum atomic E-state index is 3.45. The molecule has 0 bridgehead atoms. The van der Waals surface area contributed by atoms with Gasteiger partial charge in [0, 0.05) is 6.54 Å². The molecule has 1 unspecified atom stereocenters. The molecule has 1 heterocycles. The highest BCUT2D eigenvalue weighted by Gasteiger charge is 2.30. The van der Waals surface area contributed by atoms with Crippen molar-refractivity contribution in [3.05, 3.63) is 0 Å². The van der Waals surface area contributed by atoms with Gasteiger partial charge >= 0.3 is 0 Å². The third kappa shape index (κ3) is 3.14. The van der Waals surface area contributed by atoms with Crippen molar-refractivity contribution in [1.82, 2.24) is 5.32 Å². The van der Waals surface area contributed by atoms with Crippen LogP contribution < -0.4 is 5.32 Å². The van der Waals surface area contributed by atoms with Crippen molar-refractivity contribution in [3.8, 4) is 0 Å². The van der Waals surface area contributed by atoms with Crippen LogP contribution >= 0.6 is 0 Å². The van der Waals surface area contributed by atoms with E-state index in [1.807, 2.05) is 13.8 Å². The van der Waals surface area contributed by atoms with Crippen molar-refractivity contribution < 1.29 is 0 Å². The number of rotatable bonds is 3. The molecule has 1 heteroatoms. The second-order valence-corrected chi connectivity index (χ2v) is 3.53. The van der Waals surface area contributed by atoms with Crippen molar-refractivity contribution in [1.29, 1.82) is 0 Å². The van der Waals surface area contributed by atoms with Crippen LogP contribution in [0.25, 0.3) is 0 Å². The lowest BCUT2D eigenvalue weighted by Crippen LogP contribution is -2.22. The number of nitrogens with one attached hydrogen (secondary N) is 1. The van der Waals surface area contributed by atoms with Gasteiger partial charge in [0.2, 0.25) is 0 Å². The first-order valence-corrected chi connectivity index (χ1v) is 5.54. The summed E-state index contributed by atoms with van der Waals surface area (Å²) in [6.07, 6.45) is 5.51. The summed E-state index contributed by atoms with van der Waals surface area (Å²) < 4.78 is 0. The molecular formula is C11H25N. The minimum absolute atomic E-state index is 0.675. The summed E-state index contributed by atoms with van der Waals surface area (Å²) in [5, 5.41) is 3.45. The van der Waals surface area contributed by atoms with E-state index in [0.717, 1.165) is 0 Å². The average Bonchev–Trinajstić information content (AvgIpc) is 2.58. The van der Waals surface area contributed by atoms with E-state index in [9.17, 15) is 0 Å². The first-order chi connectivity index (χ1) is 5.83. The molecule has 12 heavy (non-hydrogen) atoms. The molecule has 74 valence electrons. The lowest BCUT2D eigenvalue weighted by atomic mass is 9.80. The van der Waals surface area contributed by atoms with Gasteiger partial charge in [-0.2, -0.15) is 0 Å². The Bertz CT molecular complexity index is 93.2. The monoisotopic (exact) mass is 171 g/mol. The fourth-order valence-corrected chi connectivity index (χ4v) is 2.02. The lowest BCUT2D eigenvalue weighted by Gasteiger charge is -2.25. The van der Waals surface area contributed by atoms with Crippen LogP contribution in [0.4, 0.5) is 0 Å². The molecule has 0 spiro atoms. The van der Waals surface area contributed by atoms with Crippen LogP contribution in [-0.4, -0.2) is 13.1 Å². The van der Waals surface area contributed by atoms with Crippen LogP contribution in [0.15, 0.2) is 0 Å². The van der Waals surface area contributed by atoms with Gasteiger partial charge in [0.05, 0.1) is 0 Å². The van der Waals surface area contributed by atoms with Crippen LogP contribution in [0.1, 0.15) is 53.4 Å². The van der Waals surface area contributed by atoms with Crippen LogP contribution in [0, 0.1) is 5.41 Å². The molecule has 0 aromatic rings. The summed E-state index contributed by atoms with van der Waals surface area (Å²) in [5.41, 5.74) is 0.675. The van der Waals surface area contributed by atoms with Crippen molar-refractivity contribution >= 4 is 0 Å².